The Balaban J connectivity index is 2.05. The molecule has 1 heterocycles. The van der Waals surface area contributed by atoms with Gasteiger partial charge in [0.25, 0.3) is 0 Å². The maximum absolute atomic E-state index is 11.5. The van der Waals surface area contributed by atoms with Crippen molar-refractivity contribution in [2.24, 2.45) is 4.99 Å². The molecule has 0 radical (unpaired) electrons. The molecule has 2 aromatic rings. The Hall–Kier alpha value is -2.62. The molecule has 3 rings (SSSR count). The van der Waals surface area contributed by atoms with E-state index in [1.807, 2.05) is 37.3 Å². The van der Waals surface area contributed by atoms with E-state index in [2.05, 4.69) is 4.99 Å². The van der Waals surface area contributed by atoms with E-state index < -0.39 is 0 Å². The van der Waals surface area contributed by atoms with Gasteiger partial charge in [-0.05, 0) is 35.7 Å². The Labute approximate surface area is 129 Å². The van der Waals surface area contributed by atoms with E-state index in [-0.39, 0.29) is 5.97 Å². The van der Waals surface area contributed by atoms with Crippen LogP contribution in [0.5, 0.6) is 0 Å². The van der Waals surface area contributed by atoms with Crippen molar-refractivity contribution in [2.75, 3.05) is 20.3 Å². The lowest BCUT2D eigenvalue weighted by molar-refractivity contribution is 0.0601. The number of hydrogen-bond donors (Lipinski definition) is 0. The van der Waals surface area contributed by atoms with E-state index in [1.54, 1.807) is 12.1 Å². The first-order chi connectivity index (χ1) is 10.7. The van der Waals surface area contributed by atoms with Crippen molar-refractivity contribution < 1.29 is 14.3 Å². The third-order valence-electron chi connectivity index (χ3n) is 3.69. The number of benzene rings is 2. The van der Waals surface area contributed by atoms with E-state index in [4.69, 9.17) is 9.47 Å². The summed E-state index contributed by atoms with van der Waals surface area (Å²) in [5.41, 5.74) is 4.75. The van der Waals surface area contributed by atoms with Gasteiger partial charge in [0.1, 0.15) is 6.61 Å². The molecular formula is C18H17NO3. The molecule has 4 nitrogen and oxygen atoms in total. The predicted molar refractivity (Wildman–Crippen MR) is 85.3 cm³/mol. The molecule has 112 valence electrons. The normalized spacial score (nSPS) is 13.5. The van der Waals surface area contributed by atoms with Crippen molar-refractivity contribution in [2.45, 2.75) is 6.92 Å². The predicted octanol–water partition coefficient (Wildman–Crippen LogP) is 3.23. The maximum atomic E-state index is 11.5. The standard InChI is InChI=1S/C18H17NO3/c1-12-4-3-5-15(16(12)17-19-10-11-22-17)13-6-8-14(9-7-13)18(20)21-2/h3-9H,10-11H2,1-2H3. The lowest BCUT2D eigenvalue weighted by Crippen LogP contribution is -2.06. The summed E-state index contributed by atoms with van der Waals surface area (Å²) in [7, 11) is 1.38. The second kappa shape index (κ2) is 6.02. The molecule has 2 aromatic carbocycles. The van der Waals surface area contributed by atoms with Crippen LogP contribution in [0.25, 0.3) is 11.1 Å². The molecule has 0 bridgehead atoms. The van der Waals surface area contributed by atoms with Crippen LogP contribution in [0.15, 0.2) is 47.5 Å². The maximum Gasteiger partial charge on any atom is 0.337 e. The molecule has 0 amide bonds. The van der Waals surface area contributed by atoms with Gasteiger partial charge in [-0.1, -0.05) is 30.3 Å². The van der Waals surface area contributed by atoms with Gasteiger partial charge >= 0.3 is 5.97 Å². The Bertz CT molecular complexity index is 732. The smallest absolute Gasteiger partial charge is 0.337 e. The lowest BCUT2D eigenvalue weighted by Gasteiger charge is -2.13. The summed E-state index contributed by atoms with van der Waals surface area (Å²) in [6.45, 7) is 3.38. The third kappa shape index (κ3) is 2.60. The van der Waals surface area contributed by atoms with Crippen LogP contribution >= 0.6 is 0 Å². The third-order valence-corrected chi connectivity index (χ3v) is 3.69. The van der Waals surface area contributed by atoms with Crippen LogP contribution in [0.2, 0.25) is 0 Å². The highest BCUT2D eigenvalue weighted by molar-refractivity contribution is 6.03. The molecule has 4 heteroatoms. The number of carbonyl (C=O) groups excluding carboxylic acids is 1. The number of methoxy groups -OCH3 is 1. The highest BCUT2D eigenvalue weighted by atomic mass is 16.5. The highest BCUT2D eigenvalue weighted by Crippen LogP contribution is 2.28. The van der Waals surface area contributed by atoms with Crippen LogP contribution < -0.4 is 0 Å². The Morgan fingerprint density at radius 1 is 1.18 bits per heavy atom. The highest BCUT2D eigenvalue weighted by Gasteiger charge is 2.18. The number of aliphatic imine (C=N–C) groups is 1. The molecular weight excluding hydrogens is 278 g/mol. The monoisotopic (exact) mass is 295 g/mol. The van der Waals surface area contributed by atoms with Gasteiger partial charge in [0, 0.05) is 5.56 Å². The SMILES string of the molecule is COC(=O)c1ccc(-c2cccc(C)c2C2=NCCO2)cc1. The number of hydrogen-bond acceptors (Lipinski definition) is 4. The number of esters is 1. The number of rotatable bonds is 3. The number of nitrogens with zero attached hydrogens (tertiary/aromatic N) is 1. The summed E-state index contributed by atoms with van der Waals surface area (Å²) in [5.74, 6) is 0.365. The number of carbonyl (C=O) groups is 1. The molecule has 0 N–H and O–H groups in total. The molecule has 0 saturated carbocycles. The van der Waals surface area contributed by atoms with Crippen LogP contribution in [0.1, 0.15) is 21.5 Å². The van der Waals surface area contributed by atoms with Gasteiger partial charge in [-0.25, -0.2) is 9.79 Å². The number of ether oxygens (including phenoxy) is 2. The minimum absolute atomic E-state index is 0.334. The molecule has 22 heavy (non-hydrogen) atoms. The summed E-state index contributed by atoms with van der Waals surface area (Å²) in [6, 6.07) is 13.5. The van der Waals surface area contributed by atoms with Crippen molar-refractivity contribution in [1.29, 1.82) is 0 Å². The minimum Gasteiger partial charge on any atom is -0.475 e. The van der Waals surface area contributed by atoms with Gasteiger partial charge in [-0.2, -0.15) is 0 Å². The van der Waals surface area contributed by atoms with Gasteiger partial charge in [-0.15, -0.1) is 0 Å². The topological polar surface area (TPSA) is 47.9 Å². The summed E-state index contributed by atoms with van der Waals surface area (Å²) in [6.07, 6.45) is 0. The zero-order chi connectivity index (χ0) is 15.5. The molecule has 0 atom stereocenters. The van der Waals surface area contributed by atoms with Crippen LogP contribution in [0.3, 0.4) is 0 Å². The molecule has 1 aliphatic rings. The van der Waals surface area contributed by atoms with Gasteiger partial charge in [0.2, 0.25) is 5.90 Å². The minimum atomic E-state index is -0.334. The van der Waals surface area contributed by atoms with Gasteiger partial charge in [0.15, 0.2) is 0 Å². The Morgan fingerprint density at radius 2 is 1.95 bits per heavy atom. The Morgan fingerprint density at radius 3 is 2.59 bits per heavy atom. The van der Waals surface area contributed by atoms with E-state index in [9.17, 15) is 4.79 Å². The molecule has 0 fully saturated rings. The van der Waals surface area contributed by atoms with Crippen LogP contribution in [0.4, 0.5) is 0 Å². The van der Waals surface area contributed by atoms with Crippen molar-refractivity contribution in [3.63, 3.8) is 0 Å². The van der Waals surface area contributed by atoms with Crippen LogP contribution in [-0.2, 0) is 9.47 Å². The van der Waals surface area contributed by atoms with E-state index >= 15 is 0 Å². The second-order valence-electron chi connectivity index (χ2n) is 5.10. The van der Waals surface area contributed by atoms with Crippen molar-refractivity contribution >= 4 is 11.9 Å². The second-order valence-corrected chi connectivity index (χ2v) is 5.10. The summed E-state index contributed by atoms with van der Waals surface area (Å²) in [5, 5.41) is 0. The zero-order valence-electron chi connectivity index (χ0n) is 12.6. The van der Waals surface area contributed by atoms with E-state index in [1.165, 1.54) is 7.11 Å². The van der Waals surface area contributed by atoms with Gasteiger partial charge < -0.3 is 9.47 Å². The van der Waals surface area contributed by atoms with Crippen LogP contribution in [-0.4, -0.2) is 32.1 Å². The van der Waals surface area contributed by atoms with Crippen molar-refractivity contribution in [3.05, 3.63) is 59.2 Å². The molecule has 0 spiro atoms. The van der Waals surface area contributed by atoms with Crippen molar-refractivity contribution in [3.8, 4) is 11.1 Å². The lowest BCUT2D eigenvalue weighted by atomic mass is 9.95. The number of aryl methyl sites for hydroxylation is 1. The first-order valence-corrected chi connectivity index (χ1v) is 7.16. The fraction of sp³-hybridized carbons (Fsp3) is 0.222. The van der Waals surface area contributed by atoms with Gasteiger partial charge in [-0.3, -0.25) is 0 Å². The van der Waals surface area contributed by atoms with Crippen molar-refractivity contribution in [1.82, 2.24) is 0 Å². The summed E-state index contributed by atoms with van der Waals surface area (Å²) in [4.78, 5) is 16.0. The van der Waals surface area contributed by atoms with Crippen LogP contribution in [0, 0.1) is 6.92 Å². The molecule has 0 unspecified atom stereocenters. The average molecular weight is 295 g/mol. The fourth-order valence-corrected chi connectivity index (χ4v) is 2.58. The molecule has 1 aliphatic heterocycles. The largest absolute Gasteiger partial charge is 0.475 e. The average Bonchev–Trinajstić information content (AvgIpc) is 3.08. The first-order valence-electron chi connectivity index (χ1n) is 7.16. The molecule has 0 aliphatic carbocycles. The summed E-state index contributed by atoms with van der Waals surface area (Å²) >= 11 is 0. The molecule has 0 aromatic heterocycles. The van der Waals surface area contributed by atoms with E-state index in [0.717, 1.165) is 22.3 Å². The van der Waals surface area contributed by atoms with Gasteiger partial charge in [0.05, 0.1) is 19.2 Å². The first kappa shape index (κ1) is 14.3. The Kier molecular flexibility index (Phi) is 3.92. The zero-order valence-corrected chi connectivity index (χ0v) is 12.6. The summed E-state index contributed by atoms with van der Waals surface area (Å²) < 4.78 is 10.4. The fourth-order valence-electron chi connectivity index (χ4n) is 2.58. The molecule has 0 saturated heterocycles. The van der Waals surface area contributed by atoms with E-state index in [0.29, 0.717) is 24.6 Å². The quantitative estimate of drug-likeness (QED) is 0.817.